The van der Waals surface area contributed by atoms with Gasteiger partial charge in [0.15, 0.2) is 0 Å². The van der Waals surface area contributed by atoms with E-state index < -0.39 is 0 Å². The molecule has 0 radical (unpaired) electrons. The number of benzene rings is 2. The molecule has 0 spiro atoms. The molecule has 1 atom stereocenters. The van der Waals surface area contributed by atoms with Crippen LogP contribution in [0.5, 0.6) is 5.75 Å². The molecule has 0 saturated carbocycles. The second-order valence-electron chi connectivity index (χ2n) is 5.34. The topological polar surface area (TPSA) is 46.6 Å². The van der Waals surface area contributed by atoms with Crippen LogP contribution in [0.25, 0.3) is 0 Å². The Morgan fingerprint density at radius 1 is 0.909 bits per heavy atom. The van der Waals surface area contributed by atoms with Gasteiger partial charge >= 0.3 is 0 Å². The van der Waals surface area contributed by atoms with E-state index in [2.05, 4.69) is 0 Å². The average molecular weight is 295 g/mol. The third-order valence-corrected chi connectivity index (χ3v) is 3.72. The molecule has 4 heteroatoms. The Bertz CT molecular complexity index is 661. The first kappa shape index (κ1) is 14.3. The molecule has 112 valence electrons. The minimum atomic E-state index is -0.215. The van der Waals surface area contributed by atoms with Crippen molar-refractivity contribution in [2.45, 2.75) is 19.4 Å². The van der Waals surface area contributed by atoms with E-state index in [0.29, 0.717) is 24.1 Å². The van der Waals surface area contributed by atoms with E-state index in [9.17, 15) is 9.59 Å². The van der Waals surface area contributed by atoms with Crippen molar-refractivity contribution in [3.05, 3.63) is 65.7 Å². The molecule has 1 heterocycles. The van der Waals surface area contributed by atoms with Gasteiger partial charge < -0.3 is 4.74 Å². The van der Waals surface area contributed by atoms with Crippen LogP contribution in [0.4, 0.5) is 0 Å². The minimum absolute atomic E-state index is 0.0771. The van der Waals surface area contributed by atoms with E-state index in [4.69, 9.17) is 4.74 Å². The molecule has 1 aliphatic heterocycles. The Balaban J connectivity index is 1.61. The van der Waals surface area contributed by atoms with Crippen molar-refractivity contribution in [2.75, 3.05) is 6.54 Å². The van der Waals surface area contributed by atoms with Crippen LogP contribution in [0, 0.1) is 0 Å². The average Bonchev–Trinajstić information content (AvgIpc) is 2.78. The molecule has 2 amide bonds. The third-order valence-electron chi connectivity index (χ3n) is 3.72. The Kier molecular flexibility index (Phi) is 3.92. The Hall–Kier alpha value is -2.62. The molecule has 0 aliphatic carbocycles. The number of ether oxygens (including phenoxy) is 1. The monoisotopic (exact) mass is 295 g/mol. The normalized spacial score (nSPS) is 14.9. The van der Waals surface area contributed by atoms with Gasteiger partial charge in [0.05, 0.1) is 17.2 Å². The molecule has 0 N–H and O–H groups in total. The van der Waals surface area contributed by atoms with Gasteiger partial charge in [0, 0.05) is 13.0 Å². The number of amides is 2. The first-order valence-corrected chi connectivity index (χ1v) is 7.34. The molecular formula is C18H17NO3. The molecule has 0 fully saturated rings. The summed E-state index contributed by atoms with van der Waals surface area (Å²) in [6.07, 6.45) is 0.520. The maximum atomic E-state index is 12.2. The standard InChI is InChI=1S/C18H17NO3/c1-13(22-14-7-3-2-4-8-14)11-12-19-17(20)15-9-5-6-10-16(15)18(19)21/h2-10,13H,11-12H2,1H3. The van der Waals surface area contributed by atoms with Crippen LogP contribution in [-0.2, 0) is 0 Å². The molecule has 0 aromatic heterocycles. The summed E-state index contributed by atoms with van der Waals surface area (Å²) in [5, 5.41) is 0. The van der Waals surface area contributed by atoms with E-state index in [1.54, 1.807) is 24.3 Å². The molecular weight excluding hydrogens is 278 g/mol. The van der Waals surface area contributed by atoms with E-state index >= 15 is 0 Å². The molecule has 0 bridgehead atoms. The summed E-state index contributed by atoms with van der Waals surface area (Å²) in [6.45, 7) is 2.30. The van der Waals surface area contributed by atoms with Crippen LogP contribution in [0.1, 0.15) is 34.1 Å². The van der Waals surface area contributed by atoms with Crippen molar-refractivity contribution < 1.29 is 14.3 Å². The Morgan fingerprint density at radius 3 is 2.05 bits per heavy atom. The fourth-order valence-electron chi connectivity index (χ4n) is 2.54. The summed E-state index contributed by atoms with van der Waals surface area (Å²) in [5.41, 5.74) is 0.980. The number of nitrogens with zero attached hydrogens (tertiary/aromatic N) is 1. The second kappa shape index (κ2) is 6.02. The minimum Gasteiger partial charge on any atom is -0.491 e. The fraction of sp³-hybridized carbons (Fsp3) is 0.222. The highest BCUT2D eigenvalue weighted by Gasteiger charge is 2.34. The number of rotatable bonds is 5. The third kappa shape index (κ3) is 2.72. The predicted octanol–water partition coefficient (Wildman–Crippen LogP) is 3.14. The maximum Gasteiger partial charge on any atom is 0.261 e. The zero-order valence-electron chi connectivity index (χ0n) is 12.4. The lowest BCUT2D eigenvalue weighted by Crippen LogP contribution is -2.33. The molecule has 2 aromatic rings. The Morgan fingerprint density at radius 2 is 1.45 bits per heavy atom. The molecule has 3 rings (SSSR count). The van der Waals surface area contributed by atoms with Gasteiger partial charge in [-0.1, -0.05) is 30.3 Å². The van der Waals surface area contributed by atoms with Crippen LogP contribution < -0.4 is 4.74 Å². The quantitative estimate of drug-likeness (QED) is 0.796. The summed E-state index contributed by atoms with van der Waals surface area (Å²) in [6, 6.07) is 16.5. The summed E-state index contributed by atoms with van der Waals surface area (Å²) >= 11 is 0. The van der Waals surface area contributed by atoms with Gasteiger partial charge in [0.2, 0.25) is 0 Å². The van der Waals surface area contributed by atoms with Gasteiger partial charge in [0.25, 0.3) is 11.8 Å². The van der Waals surface area contributed by atoms with Crippen molar-refractivity contribution in [3.8, 4) is 5.75 Å². The van der Waals surface area contributed by atoms with Crippen molar-refractivity contribution in [2.24, 2.45) is 0 Å². The molecule has 1 aliphatic rings. The van der Waals surface area contributed by atoms with Crippen LogP contribution in [-0.4, -0.2) is 29.4 Å². The highest BCUT2D eigenvalue weighted by Crippen LogP contribution is 2.23. The smallest absolute Gasteiger partial charge is 0.261 e. The van der Waals surface area contributed by atoms with E-state index in [-0.39, 0.29) is 17.9 Å². The molecule has 0 saturated heterocycles. The fourth-order valence-corrected chi connectivity index (χ4v) is 2.54. The number of carbonyl (C=O) groups excluding carboxylic acids is 2. The summed E-state index contributed by atoms with van der Waals surface area (Å²) in [7, 11) is 0. The van der Waals surface area contributed by atoms with Gasteiger partial charge in [-0.25, -0.2) is 0 Å². The first-order chi connectivity index (χ1) is 10.7. The van der Waals surface area contributed by atoms with Gasteiger partial charge in [-0.2, -0.15) is 0 Å². The molecule has 2 aromatic carbocycles. The maximum absolute atomic E-state index is 12.2. The lowest BCUT2D eigenvalue weighted by atomic mass is 10.1. The lowest BCUT2D eigenvalue weighted by molar-refractivity contribution is 0.0634. The molecule has 22 heavy (non-hydrogen) atoms. The first-order valence-electron chi connectivity index (χ1n) is 7.34. The highest BCUT2D eigenvalue weighted by molar-refractivity contribution is 6.21. The SMILES string of the molecule is CC(CCN1C(=O)c2ccccc2C1=O)Oc1ccccc1. The summed E-state index contributed by atoms with van der Waals surface area (Å²) < 4.78 is 5.77. The number of hydrogen-bond donors (Lipinski definition) is 0. The van der Waals surface area contributed by atoms with Gasteiger partial charge in [-0.05, 0) is 31.2 Å². The van der Waals surface area contributed by atoms with Gasteiger partial charge in [-0.15, -0.1) is 0 Å². The zero-order valence-corrected chi connectivity index (χ0v) is 12.4. The highest BCUT2D eigenvalue weighted by atomic mass is 16.5. The van der Waals surface area contributed by atoms with Crippen LogP contribution >= 0.6 is 0 Å². The second-order valence-corrected chi connectivity index (χ2v) is 5.34. The Labute approximate surface area is 129 Å². The number of fused-ring (bicyclic) bond motifs is 1. The van der Waals surface area contributed by atoms with Crippen molar-refractivity contribution in [1.29, 1.82) is 0 Å². The number of para-hydroxylation sites is 1. The number of imide groups is 1. The van der Waals surface area contributed by atoms with Crippen LogP contribution in [0.15, 0.2) is 54.6 Å². The van der Waals surface area contributed by atoms with Gasteiger partial charge in [0.1, 0.15) is 5.75 Å². The van der Waals surface area contributed by atoms with Crippen LogP contribution in [0.2, 0.25) is 0 Å². The summed E-state index contributed by atoms with van der Waals surface area (Å²) in [5.74, 6) is 0.359. The van der Waals surface area contributed by atoms with Crippen LogP contribution in [0.3, 0.4) is 0 Å². The predicted molar refractivity (Wildman–Crippen MR) is 83.0 cm³/mol. The number of hydrogen-bond acceptors (Lipinski definition) is 3. The summed E-state index contributed by atoms with van der Waals surface area (Å²) in [4.78, 5) is 25.8. The number of carbonyl (C=O) groups is 2. The van der Waals surface area contributed by atoms with E-state index in [1.165, 1.54) is 4.90 Å². The molecule has 4 nitrogen and oxygen atoms in total. The lowest BCUT2D eigenvalue weighted by Gasteiger charge is -2.18. The van der Waals surface area contributed by atoms with Gasteiger partial charge in [-0.3, -0.25) is 14.5 Å². The zero-order chi connectivity index (χ0) is 15.5. The largest absolute Gasteiger partial charge is 0.491 e. The van der Waals surface area contributed by atoms with Crippen molar-refractivity contribution in [1.82, 2.24) is 4.90 Å². The van der Waals surface area contributed by atoms with Crippen molar-refractivity contribution in [3.63, 3.8) is 0 Å². The van der Waals surface area contributed by atoms with E-state index in [0.717, 1.165) is 5.75 Å². The van der Waals surface area contributed by atoms with E-state index in [1.807, 2.05) is 37.3 Å². The van der Waals surface area contributed by atoms with Crippen molar-refractivity contribution >= 4 is 11.8 Å². The molecule has 1 unspecified atom stereocenters.